The van der Waals surface area contributed by atoms with Crippen molar-refractivity contribution in [2.75, 3.05) is 13.1 Å². The van der Waals surface area contributed by atoms with Crippen molar-refractivity contribution < 1.29 is 22.7 Å². The number of nitrogens with zero attached hydrogens (tertiary/aromatic N) is 2. The third-order valence-corrected chi connectivity index (χ3v) is 4.22. The van der Waals surface area contributed by atoms with Crippen LogP contribution in [0, 0.1) is 5.41 Å². The van der Waals surface area contributed by atoms with Crippen LogP contribution in [-0.4, -0.2) is 39.9 Å². The van der Waals surface area contributed by atoms with Crippen LogP contribution in [-0.2, 0) is 10.9 Å². The number of rotatable bonds is 1. The van der Waals surface area contributed by atoms with E-state index in [0.29, 0.717) is 25.9 Å². The Morgan fingerprint density at radius 2 is 1.96 bits per heavy atom. The molecule has 8 heteroatoms. The second-order valence-electron chi connectivity index (χ2n) is 7.69. The van der Waals surface area contributed by atoms with E-state index in [-0.39, 0.29) is 17.1 Å². The van der Waals surface area contributed by atoms with E-state index in [1.165, 1.54) is 6.20 Å². The van der Waals surface area contributed by atoms with Gasteiger partial charge < -0.3 is 9.64 Å². The quantitative estimate of drug-likeness (QED) is 0.843. The van der Waals surface area contributed by atoms with Gasteiger partial charge in [-0.25, -0.2) is 4.79 Å². The summed E-state index contributed by atoms with van der Waals surface area (Å²) in [6.45, 7) is 6.63. The highest BCUT2D eigenvalue weighted by Gasteiger charge is 2.52. The largest absolute Gasteiger partial charge is 0.444 e. The lowest BCUT2D eigenvalue weighted by atomic mass is 9.60. The number of ether oxygens (including phenoxy) is 1. The number of amides is 1. The summed E-state index contributed by atoms with van der Waals surface area (Å²) in [4.78, 5) is 13.6. The first-order chi connectivity index (χ1) is 11.0. The first-order valence-electron chi connectivity index (χ1n) is 7.75. The molecule has 5 nitrogen and oxygen atoms in total. The monoisotopic (exact) mass is 343 g/mol. The average Bonchev–Trinajstić information content (AvgIpc) is 2.75. The summed E-state index contributed by atoms with van der Waals surface area (Å²) < 4.78 is 43.7. The zero-order chi connectivity index (χ0) is 17.8. The van der Waals surface area contributed by atoms with E-state index < -0.39 is 17.5 Å². The first-order valence-corrected chi connectivity index (χ1v) is 7.75. The molecule has 0 bridgehead atoms. The number of allylic oxidation sites excluding steroid dienone is 1. The maximum atomic E-state index is 12.8. The smallest absolute Gasteiger partial charge is 0.433 e. The number of carbonyl (C=O) groups is 1. The van der Waals surface area contributed by atoms with E-state index in [1.54, 1.807) is 11.0 Å². The molecular weight excluding hydrogens is 323 g/mol. The number of likely N-dealkylation sites (tertiary alicyclic amines) is 1. The minimum absolute atomic E-state index is 0.00483. The van der Waals surface area contributed by atoms with Crippen molar-refractivity contribution in [1.82, 2.24) is 15.1 Å². The number of aromatic amines is 1. The van der Waals surface area contributed by atoms with E-state index in [1.807, 2.05) is 25.9 Å². The molecule has 0 radical (unpaired) electrons. The number of hydrogen-bond donors (Lipinski definition) is 1. The molecular formula is C16H20F3N3O2. The second kappa shape index (κ2) is 5.26. The molecule has 0 aromatic carbocycles. The molecule has 0 unspecified atom stereocenters. The fourth-order valence-corrected chi connectivity index (χ4v) is 3.31. The van der Waals surface area contributed by atoms with Gasteiger partial charge in [-0.1, -0.05) is 11.6 Å². The minimum Gasteiger partial charge on any atom is -0.444 e. The molecule has 1 aliphatic heterocycles. The summed E-state index contributed by atoms with van der Waals surface area (Å²) in [5, 5.41) is 5.48. The number of nitrogens with one attached hydrogen (secondary N) is 1. The third kappa shape index (κ3) is 3.27. The van der Waals surface area contributed by atoms with Crippen LogP contribution in [0.3, 0.4) is 0 Å². The summed E-state index contributed by atoms with van der Waals surface area (Å²) in [5.74, 6) is 0. The summed E-state index contributed by atoms with van der Waals surface area (Å²) in [6.07, 6.45) is -0.625. The lowest BCUT2D eigenvalue weighted by Gasteiger charge is -2.56. The Hall–Kier alpha value is -1.99. The van der Waals surface area contributed by atoms with Gasteiger partial charge in [0.1, 0.15) is 11.3 Å². The molecule has 1 saturated carbocycles. The Morgan fingerprint density at radius 1 is 1.33 bits per heavy atom. The first kappa shape index (κ1) is 16.9. The van der Waals surface area contributed by atoms with Gasteiger partial charge in [-0.05, 0) is 33.6 Å². The number of hydrogen-bond acceptors (Lipinski definition) is 3. The minimum atomic E-state index is -4.44. The highest BCUT2D eigenvalue weighted by Crippen LogP contribution is 2.52. The standard InChI is InChI=1S/C16H20F3N3O2/c1-14(2,3)24-13(23)22-8-15(9-22)5-10(6-15)4-11-7-20-21-12(11)16(17,18)19/h4,7H,5-6,8-9H2,1-3H3,(H,20,21). The normalized spacial score (nSPS) is 19.8. The van der Waals surface area contributed by atoms with Gasteiger partial charge in [0.05, 0.1) is 6.20 Å². The van der Waals surface area contributed by atoms with Gasteiger partial charge in [0.25, 0.3) is 0 Å². The number of halogens is 3. The van der Waals surface area contributed by atoms with Gasteiger partial charge in [0.2, 0.25) is 0 Å². The number of aromatic nitrogens is 2. The predicted molar refractivity (Wildman–Crippen MR) is 81.0 cm³/mol. The molecule has 132 valence electrons. The lowest BCUT2D eigenvalue weighted by molar-refractivity contribution is -0.141. The van der Waals surface area contributed by atoms with Gasteiger partial charge in [0.15, 0.2) is 0 Å². The maximum Gasteiger partial charge on any atom is 0.433 e. The van der Waals surface area contributed by atoms with Crippen LogP contribution in [0.5, 0.6) is 0 Å². The van der Waals surface area contributed by atoms with Crippen molar-refractivity contribution in [1.29, 1.82) is 0 Å². The molecule has 0 atom stereocenters. The molecule has 1 spiro atoms. The van der Waals surface area contributed by atoms with E-state index in [4.69, 9.17) is 4.74 Å². The zero-order valence-electron chi connectivity index (χ0n) is 13.8. The SMILES string of the molecule is CC(C)(C)OC(=O)N1CC2(CC(=Cc3cn[nH]c3C(F)(F)F)C2)C1. The Morgan fingerprint density at radius 3 is 2.50 bits per heavy atom. The molecule has 1 aromatic heterocycles. The third-order valence-electron chi connectivity index (χ3n) is 4.22. The molecule has 1 amide bonds. The van der Waals surface area contributed by atoms with Gasteiger partial charge >= 0.3 is 12.3 Å². The van der Waals surface area contributed by atoms with Crippen LogP contribution in [0.1, 0.15) is 44.9 Å². The average molecular weight is 343 g/mol. The highest BCUT2D eigenvalue weighted by atomic mass is 19.4. The molecule has 1 N–H and O–H groups in total. The fraction of sp³-hybridized carbons (Fsp3) is 0.625. The molecule has 1 saturated heterocycles. The van der Waals surface area contributed by atoms with Crippen molar-refractivity contribution in [2.24, 2.45) is 5.41 Å². The summed E-state index contributed by atoms with van der Waals surface area (Å²) in [7, 11) is 0. The molecule has 2 heterocycles. The van der Waals surface area contributed by atoms with Crippen molar-refractivity contribution in [3.8, 4) is 0 Å². The van der Waals surface area contributed by atoms with Crippen LogP contribution < -0.4 is 0 Å². The predicted octanol–water partition coefficient (Wildman–Crippen LogP) is 3.84. The Bertz CT molecular complexity index is 669. The van der Waals surface area contributed by atoms with Gasteiger partial charge in [-0.3, -0.25) is 5.10 Å². The van der Waals surface area contributed by atoms with Gasteiger partial charge in [0, 0.05) is 24.1 Å². The van der Waals surface area contributed by atoms with E-state index in [2.05, 4.69) is 5.10 Å². The Labute approximate surface area is 137 Å². The van der Waals surface area contributed by atoms with Crippen LogP contribution in [0.2, 0.25) is 0 Å². The van der Waals surface area contributed by atoms with Crippen molar-refractivity contribution in [2.45, 2.75) is 45.4 Å². The molecule has 2 aliphatic rings. The highest BCUT2D eigenvalue weighted by molar-refractivity contribution is 5.70. The fourth-order valence-electron chi connectivity index (χ4n) is 3.31. The van der Waals surface area contributed by atoms with Crippen molar-refractivity contribution >= 4 is 12.2 Å². The topological polar surface area (TPSA) is 58.2 Å². The Balaban J connectivity index is 1.56. The van der Waals surface area contributed by atoms with Crippen molar-refractivity contribution in [3.05, 3.63) is 23.0 Å². The van der Waals surface area contributed by atoms with Crippen LogP contribution in [0.15, 0.2) is 11.8 Å². The van der Waals surface area contributed by atoms with Crippen LogP contribution in [0.25, 0.3) is 6.08 Å². The molecule has 2 fully saturated rings. The van der Waals surface area contributed by atoms with E-state index in [9.17, 15) is 18.0 Å². The Kier molecular flexibility index (Phi) is 3.69. The molecule has 24 heavy (non-hydrogen) atoms. The number of alkyl halides is 3. The molecule has 3 rings (SSSR count). The summed E-state index contributed by atoms with van der Waals surface area (Å²) in [5.41, 5.74) is -0.327. The van der Waals surface area contributed by atoms with E-state index >= 15 is 0 Å². The second-order valence-corrected chi connectivity index (χ2v) is 7.69. The van der Waals surface area contributed by atoms with Crippen LogP contribution in [0.4, 0.5) is 18.0 Å². The van der Waals surface area contributed by atoms with Crippen molar-refractivity contribution in [3.63, 3.8) is 0 Å². The number of carbonyl (C=O) groups excluding carboxylic acids is 1. The maximum absolute atomic E-state index is 12.8. The van der Waals surface area contributed by atoms with Gasteiger partial charge in [-0.15, -0.1) is 0 Å². The summed E-state index contributed by atoms with van der Waals surface area (Å²) >= 11 is 0. The zero-order valence-corrected chi connectivity index (χ0v) is 13.8. The van der Waals surface area contributed by atoms with Crippen LogP contribution >= 0.6 is 0 Å². The summed E-state index contributed by atoms with van der Waals surface area (Å²) in [6, 6.07) is 0. The van der Waals surface area contributed by atoms with E-state index in [0.717, 1.165) is 5.57 Å². The van der Waals surface area contributed by atoms with Gasteiger partial charge in [-0.2, -0.15) is 18.3 Å². The number of H-pyrrole nitrogens is 1. The molecule has 1 aliphatic carbocycles. The lowest BCUT2D eigenvalue weighted by Crippen LogP contribution is -2.62. The molecule has 1 aromatic rings.